The molecule has 1 aromatic rings. The summed E-state index contributed by atoms with van der Waals surface area (Å²) in [5, 5.41) is 0. The third-order valence-corrected chi connectivity index (χ3v) is 3.77. The van der Waals surface area contributed by atoms with E-state index in [0.29, 0.717) is 19.1 Å². The molecular formula is C14H18BrF2NO. The van der Waals surface area contributed by atoms with E-state index in [1.807, 2.05) is 29.2 Å². The minimum Gasteiger partial charge on any atom is -0.493 e. The Kier molecular flexibility index (Phi) is 5.58. The van der Waals surface area contributed by atoms with Gasteiger partial charge in [0.25, 0.3) is 6.43 Å². The molecule has 0 aliphatic carbocycles. The van der Waals surface area contributed by atoms with E-state index >= 15 is 0 Å². The van der Waals surface area contributed by atoms with Gasteiger partial charge in [0.2, 0.25) is 0 Å². The van der Waals surface area contributed by atoms with Crippen molar-refractivity contribution in [1.82, 2.24) is 4.90 Å². The van der Waals surface area contributed by atoms with Crippen LogP contribution < -0.4 is 4.74 Å². The van der Waals surface area contributed by atoms with Crippen molar-refractivity contribution in [2.45, 2.75) is 19.3 Å². The first kappa shape index (κ1) is 14.7. The van der Waals surface area contributed by atoms with Gasteiger partial charge >= 0.3 is 0 Å². The van der Waals surface area contributed by atoms with Crippen LogP contribution in [0.4, 0.5) is 8.78 Å². The van der Waals surface area contributed by atoms with Crippen molar-refractivity contribution < 1.29 is 13.5 Å². The van der Waals surface area contributed by atoms with Gasteiger partial charge in [-0.2, -0.15) is 0 Å². The zero-order chi connectivity index (χ0) is 13.7. The van der Waals surface area contributed by atoms with E-state index in [4.69, 9.17) is 4.74 Å². The zero-order valence-electron chi connectivity index (χ0n) is 10.7. The van der Waals surface area contributed by atoms with Crippen molar-refractivity contribution >= 4 is 15.9 Å². The highest BCUT2D eigenvalue weighted by molar-refractivity contribution is 9.10. The molecule has 5 heteroatoms. The number of halogens is 3. The number of hydrogen-bond donors (Lipinski definition) is 0. The Balaban J connectivity index is 1.79. The minimum absolute atomic E-state index is 0.118. The fourth-order valence-electron chi connectivity index (χ4n) is 2.42. The lowest BCUT2D eigenvalue weighted by molar-refractivity contribution is 0.0552. The normalized spacial score (nSPS) is 20.7. The lowest BCUT2D eigenvalue weighted by Crippen LogP contribution is -2.40. The zero-order valence-corrected chi connectivity index (χ0v) is 12.3. The molecule has 1 aliphatic rings. The van der Waals surface area contributed by atoms with Gasteiger partial charge in [-0.25, -0.2) is 8.78 Å². The number of benzene rings is 1. The van der Waals surface area contributed by atoms with Crippen LogP contribution in [0.2, 0.25) is 0 Å². The Bertz CT molecular complexity index is 403. The number of rotatable bonds is 5. The molecule has 1 saturated heterocycles. The molecule has 0 N–H and O–H groups in total. The fourth-order valence-corrected chi connectivity index (χ4v) is 2.80. The summed E-state index contributed by atoms with van der Waals surface area (Å²) in [4.78, 5) is 1.84. The van der Waals surface area contributed by atoms with E-state index < -0.39 is 6.43 Å². The molecule has 0 radical (unpaired) electrons. The largest absolute Gasteiger partial charge is 0.493 e. The van der Waals surface area contributed by atoms with Gasteiger partial charge in [-0.1, -0.05) is 22.0 Å². The van der Waals surface area contributed by atoms with E-state index in [0.717, 1.165) is 29.6 Å². The van der Waals surface area contributed by atoms with Crippen LogP contribution in [-0.4, -0.2) is 37.6 Å². The summed E-state index contributed by atoms with van der Waals surface area (Å²) >= 11 is 3.39. The molecule has 1 atom stereocenters. The molecule has 1 unspecified atom stereocenters. The Morgan fingerprint density at radius 3 is 3.00 bits per heavy atom. The molecule has 1 aromatic carbocycles. The molecule has 1 heterocycles. The highest BCUT2D eigenvalue weighted by Gasteiger charge is 2.22. The monoisotopic (exact) mass is 333 g/mol. The van der Waals surface area contributed by atoms with Gasteiger partial charge in [-0.3, -0.25) is 4.90 Å². The average molecular weight is 334 g/mol. The van der Waals surface area contributed by atoms with Gasteiger partial charge in [0.05, 0.1) is 13.2 Å². The van der Waals surface area contributed by atoms with Gasteiger partial charge in [0, 0.05) is 16.9 Å². The van der Waals surface area contributed by atoms with Gasteiger partial charge < -0.3 is 4.74 Å². The molecule has 0 aromatic heterocycles. The number of ether oxygens (including phenoxy) is 1. The van der Waals surface area contributed by atoms with E-state index in [1.54, 1.807) is 0 Å². The Morgan fingerprint density at radius 2 is 2.26 bits per heavy atom. The molecule has 0 amide bonds. The average Bonchev–Trinajstić information content (AvgIpc) is 2.36. The highest BCUT2D eigenvalue weighted by atomic mass is 79.9. The summed E-state index contributed by atoms with van der Waals surface area (Å²) < 4.78 is 31.4. The molecule has 19 heavy (non-hydrogen) atoms. The lowest BCUT2D eigenvalue weighted by Gasteiger charge is -2.32. The number of nitrogens with zero attached hydrogens (tertiary/aromatic N) is 1. The molecule has 0 saturated carbocycles. The third kappa shape index (κ3) is 5.07. The molecule has 2 nitrogen and oxygen atoms in total. The second kappa shape index (κ2) is 7.20. The summed E-state index contributed by atoms with van der Waals surface area (Å²) in [6.45, 7) is 1.96. The summed E-state index contributed by atoms with van der Waals surface area (Å²) in [6.07, 6.45) is -0.225. The van der Waals surface area contributed by atoms with E-state index in [1.165, 1.54) is 0 Å². The number of piperidine rings is 1. The van der Waals surface area contributed by atoms with Crippen LogP contribution in [-0.2, 0) is 0 Å². The Labute approximate surface area is 120 Å². The van der Waals surface area contributed by atoms with E-state index in [-0.39, 0.29) is 6.54 Å². The van der Waals surface area contributed by atoms with Crippen molar-refractivity contribution in [3.63, 3.8) is 0 Å². The first-order valence-corrected chi connectivity index (χ1v) is 7.31. The number of likely N-dealkylation sites (tertiary alicyclic amines) is 1. The van der Waals surface area contributed by atoms with Crippen LogP contribution >= 0.6 is 15.9 Å². The summed E-state index contributed by atoms with van der Waals surface area (Å²) in [5.74, 6) is 1.16. The predicted molar refractivity (Wildman–Crippen MR) is 74.8 cm³/mol. The maximum absolute atomic E-state index is 12.4. The maximum Gasteiger partial charge on any atom is 0.251 e. The van der Waals surface area contributed by atoms with Crippen molar-refractivity contribution in [3.8, 4) is 5.75 Å². The van der Waals surface area contributed by atoms with Crippen LogP contribution in [0.25, 0.3) is 0 Å². The second-order valence-corrected chi connectivity index (χ2v) is 5.84. The summed E-state index contributed by atoms with van der Waals surface area (Å²) in [5.41, 5.74) is 0. The van der Waals surface area contributed by atoms with Gasteiger partial charge in [0.1, 0.15) is 5.75 Å². The second-order valence-electron chi connectivity index (χ2n) is 4.93. The molecule has 1 aliphatic heterocycles. The van der Waals surface area contributed by atoms with Gasteiger partial charge in [-0.05, 0) is 37.6 Å². The Morgan fingerprint density at radius 1 is 1.42 bits per heavy atom. The molecule has 0 spiro atoms. The number of alkyl halides is 2. The van der Waals surface area contributed by atoms with Crippen molar-refractivity contribution in [3.05, 3.63) is 28.7 Å². The van der Waals surface area contributed by atoms with E-state index in [2.05, 4.69) is 15.9 Å². The summed E-state index contributed by atoms with van der Waals surface area (Å²) in [6, 6.07) is 7.69. The van der Waals surface area contributed by atoms with Crippen LogP contribution in [0.1, 0.15) is 12.8 Å². The number of hydrogen-bond acceptors (Lipinski definition) is 2. The van der Waals surface area contributed by atoms with E-state index in [9.17, 15) is 8.78 Å². The van der Waals surface area contributed by atoms with Gasteiger partial charge in [0.15, 0.2) is 0 Å². The molecule has 0 bridgehead atoms. The molecular weight excluding hydrogens is 316 g/mol. The smallest absolute Gasteiger partial charge is 0.251 e. The van der Waals surface area contributed by atoms with Crippen LogP contribution in [0, 0.1) is 5.92 Å². The minimum atomic E-state index is -2.25. The predicted octanol–water partition coefficient (Wildman–Crippen LogP) is 3.81. The van der Waals surface area contributed by atoms with Crippen LogP contribution in [0.15, 0.2) is 28.7 Å². The van der Waals surface area contributed by atoms with Crippen molar-refractivity contribution in [2.24, 2.45) is 5.92 Å². The van der Waals surface area contributed by atoms with Crippen LogP contribution in [0.5, 0.6) is 5.75 Å². The SMILES string of the molecule is FC(F)CN1CCCC(COc2cccc(Br)c2)C1. The Hall–Kier alpha value is -0.680. The standard InChI is InChI=1S/C14H18BrF2NO/c15-12-4-1-5-13(7-12)19-10-11-3-2-6-18(8-11)9-14(16)17/h1,4-5,7,11,14H,2-3,6,8-10H2. The highest BCUT2D eigenvalue weighted by Crippen LogP contribution is 2.21. The molecule has 1 fully saturated rings. The van der Waals surface area contributed by atoms with Gasteiger partial charge in [-0.15, -0.1) is 0 Å². The lowest BCUT2D eigenvalue weighted by atomic mass is 9.99. The fraction of sp³-hybridized carbons (Fsp3) is 0.571. The topological polar surface area (TPSA) is 12.5 Å². The van der Waals surface area contributed by atoms with Crippen molar-refractivity contribution in [1.29, 1.82) is 0 Å². The summed E-state index contributed by atoms with van der Waals surface area (Å²) in [7, 11) is 0. The van der Waals surface area contributed by atoms with Crippen LogP contribution in [0.3, 0.4) is 0 Å². The third-order valence-electron chi connectivity index (χ3n) is 3.28. The quantitative estimate of drug-likeness (QED) is 0.812. The first-order valence-electron chi connectivity index (χ1n) is 6.52. The van der Waals surface area contributed by atoms with Crippen molar-refractivity contribution in [2.75, 3.05) is 26.2 Å². The molecule has 2 rings (SSSR count). The molecule has 106 valence electrons. The maximum atomic E-state index is 12.4. The first-order chi connectivity index (χ1) is 9.13.